The fourth-order valence-electron chi connectivity index (χ4n) is 2.60. The van der Waals surface area contributed by atoms with Gasteiger partial charge >= 0.3 is 0 Å². The van der Waals surface area contributed by atoms with Crippen molar-refractivity contribution in [2.45, 2.75) is 42.7 Å². The summed E-state index contributed by atoms with van der Waals surface area (Å²) < 4.78 is 33.4. The second-order valence-electron chi connectivity index (χ2n) is 5.25. The lowest BCUT2D eigenvalue weighted by Crippen LogP contribution is -2.41. The zero-order valence-electron chi connectivity index (χ0n) is 12.2. The van der Waals surface area contributed by atoms with E-state index >= 15 is 0 Å². The van der Waals surface area contributed by atoms with Crippen molar-refractivity contribution in [1.82, 2.24) is 10.0 Å². The third-order valence-electron chi connectivity index (χ3n) is 3.89. The molecule has 0 saturated heterocycles. The van der Waals surface area contributed by atoms with Crippen molar-refractivity contribution < 1.29 is 13.2 Å². The number of nitrogens with one attached hydrogen (secondary N) is 2. The first-order chi connectivity index (χ1) is 9.96. The molecule has 0 atom stereocenters. The highest BCUT2D eigenvalue weighted by molar-refractivity contribution is 9.10. The van der Waals surface area contributed by atoms with Crippen LogP contribution in [-0.4, -0.2) is 34.7 Å². The number of sulfonamides is 1. The lowest BCUT2D eigenvalue weighted by Gasteiger charge is -2.28. The zero-order chi connectivity index (χ0) is 15.5. The molecule has 1 aliphatic carbocycles. The van der Waals surface area contributed by atoms with Crippen LogP contribution in [0.4, 0.5) is 0 Å². The molecule has 0 bridgehead atoms. The van der Waals surface area contributed by atoms with Crippen molar-refractivity contribution in [1.29, 1.82) is 0 Å². The standard InChI is InChI=1S/C14H21BrN2O3S/c1-16-10-3-5-11(6-4-10)17-21(18,19)12-7-8-14(20-2)13(15)9-12/h7-11,16-17H,3-6H2,1-2H3. The zero-order valence-corrected chi connectivity index (χ0v) is 14.6. The van der Waals surface area contributed by atoms with E-state index in [-0.39, 0.29) is 10.9 Å². The summed E-state index contributed by atoms with van der Waals surface area (Å²) in [7, 11) is 0.00925. The van der Waals surface area contributed by atoms with Crippen LogP contribution < -0.4 is 14.8 Å². The fourth-order valence-corrected chi connectivity index (χ4v) is 4.62. The van der Waals surface area contributed by atoms with Crippen LogP contribution in [0.5, 0.6) is 5.75 Å². The van der Waals surface area contributed by atoms with Crippen LogP contribution in [0.25, 0.3) is 0 Å². The van der Waals surface area contributed by atoms with Crippen molar-refractivity contribution in [2.75, 3.05) is 14.2 Å². The molecule has 21 heavy (non-hydrogen) atoms. The second kappa shape index (κ2) is 7.09. The smallest absolute Gasteiger partial charge is 0.240 e. The van der Waals surface area contributed by atoms with Crippen LogP contribution in [0.1, 0.15) is 25.7 Å². The Hall–Kier alpha value is -0.630. The van der Waals surface area contributed by atoms with Gasteiger partial charge in [0.25, 0.3) is 0 Å². The topological polar surface area (TPSA) is 67.4 Å². The Kier molecular flexibility index (Phi) is 5.65. The van der Waals surface area contributed by atoms with Crippen molar-refractivity contribution >= 4 is 26.0 Å². The van der Waals surface area contributed by atoms with Crippen LogP contribution in [0.3, 0.4) is 0 Å². The van der Waals surface area contributed by atoms with E-state index in [9.17, 15) is 8.42 Å². The molecule has 0 radical (unpaired) electrons. The van der Waals surface area contributed by atoms with Crippen molar-refractivity contribution in [2.24, 2.45) is 0 Å². The minimum atomic E-state index is -3.49. The molecule has 0 spiro atoms. The van der Waals surface area contributed by atoms with E-state index in [2.05, 4.69) is 26.0 Å². The number of halogens is 1. The fraction of sp³-hybridized carbons (Fsp3) is 0.571. The third kappa shape index (κ3) is 4.18. The number of hydrogen-bond donors (Lipinski definition) is 2. The van der Waals surface area contributed by atoms with Gasteiger partial charge in [-0.15, -0.1) is 0 Å². The maximum atomic E-state index is 12.4. The summed E-state index contributed by atoms with van der Waals surface area (Å²) in [5.41, 5.74) is 0. The van der Waals surface area contributed by atoms with Crippen molar-refractivity contribution in [3.63, 3.8) is 0 Å². The summed E-state index contributed by atoms with van der Waals surface area (Å²) in [4.78, 5) is 0.255. The van der Waals surface area contributed by atoms with Crippen LogP contribution >= 0.6 is 15.9 Å². The van der Waals surface area contributed by atoms with Crippen LogP contribution in [-0.2, 0) is 10.0 Å². The van der Waals surface area contributed by atoms with Gasteiger partial charge in [0.15, 0.2) is 0 Å². The Balaban J connectivity index is 2.07. The molecule has 2 N–H and O–H groups in total. The summed E-state index contributed by atoms with van der Waals surface area (Å²) >= 11 is 3.32. The van der Waals surface area contributed by atoms with Gasteiger partial charge in [-0.1, -0.05) is 0 Å². The summed E-state index contributed by atoms with van der Waals surface area (Å²) in [6.45, 7) is 0. The van der Waals surface area contributed by atoms with Crippen LogP contribution in [0.2, 0.25) is 0 Å². The molecule has 0 heterocycles. The maximum absolute atomic E-state index is 12.4. The summed E-state index contributed by atoms with van der Waals surface area (Å²) in [5, 5.41) is 3.24. The molecular weight excluding hydrogens is 356 g/mol. The highest BCUT2D eigenvalue weighted by atomic mass is 79.9. The minimum absolute atomic E-state index is 0.0143. The highest BCUT2D eigenvalue weighted by Crippen LogP contribution is 2.28. The molecule has 2 rings (SSSR count). The molecular formula is C14H21BrN2O3S. The predicted octanol–water partition coefficient (Wildman–Crippen LogP) is 2.27. The first-order valence-electron chi connectivity index (χ1n) is 6.99. The average Bonchev–Trinajstić information content (AvgIpc) is 2.47. The number of benzene rings is 1. The molecule has 1 saturated carbocycles. The van der Waals surface area contributed by atoms with E-state index in [1.54, 1.807) is 25.3 Å². The Morgan fingerprint density at radius 1 is 1.19 bits per heavy atom. The number of ether oxygens (including phenoxy) is 1. The third-order valence-corrected chi connectivity index (χ3v) is 6.03. The Labute approximate surface area is 134 Å². The van der Waals surface area contributed by atoms with Crippen LogP contribution in [0.15, 0.2) is 27.6 Å². The Morgan fingerprint density at radius 3 is 2.33 bits per heavy atom. The Morgan fingerprint density at radius 2 is 1.81 bits per heavy atom. The van der Waals surface area contributed by atoms with Gasteiger partial charge in [0, 0.05) is 12.1 Å². The van der Waals surface area contributed by atoms with Gasteiger partial charge in [-0.2, -0.15) is 0 Å². The van der Waals surface area contributed by atoms with E-state index in [1.807, 2.05) is 7.05 Å². The van der Waals surface area contributed by atoms with Gasteiger partial charge in [-0.05, 0) is 66.9 Å². The summed E-state index contributed by atoms with van der Waals surface area (Å²) in [5.74, 6) is 0.614. The quantitative estimate of drug-likeness (QED) is 0.826. The molecule has 0 amide bonds. The van der Waals surface area contributed by atoms with E-state index in [1.165, 1.54) is 0 Å². The molecule has 1 aromatic rings. The molecule has 118 valence electrons. The predicted molar refractivity (Wildman–Crippen MR) is 86.1 cm³/mol. The lowest BCUT2D eigenvalue weighted by atomic mass is 9.92. The number of rotatable bonds is 5. The van der Waals surface area contributed by atoms with E-state index < -0.39 is 10.0 Å². The maximum Gasteiger partial charge on any atom is 0.240 e. The van der Waals surface area contributed by atoms with Gasteiger partial charge < -0.3 is 10.1 Å². The molecule has 0 unspecified atom stereocenters. The Bertz CT molecular complexity index is 584. The molecule has 7 heteroatoms. The summed E-state index contributed by atoms with van der Waals surface area (Å²) in [6.07, 6.45) is 3.72. The summed E-state index contributed by atoms with van der Waals surface area (Å²) in [6, 6.07) is 5.30. The minimum Gasteiger partial charge on any atom is -0.496 e. The van der Waals surface area contributed by atoms with Gasteiger partial charge in [0.05, 0.1) is 16.5 Å². The molecule has 1 aliphatic rings. The first-order valence-corrected chi connectivity index (χ1v) is 9.27. The second-order valence-corrected chi connectivity index (χ2v) is 7.82. The van der Waals surface area contributed by atoms with E-state index in [4.69, 9.17) is 4.74 Å². The normalized spacial score (nSPS) is 23.0. The molecule has 1 aromatic carbocycles. The number of hydrogen-bond acceptors (Lipinski definition) is 4. The highest BCUT2D eigenvalue weighted by Gasteiger charge is 2.25. The average molecular weight is 377 g/mol. The van der Waals surface area contributed by atoms with E-state index in [0.717, 1.165) is 25.7 Å². The number of methoxy groups -OCH3 is 1. The first kappa shape index (κ1) is 16.7. The molecule has 5 nitrogen and oxygen atoms in total. The molecule has 1 fully saturated rings. The van der Waals surface area contributed by atoms with Gasteiger partial charge in [0.2, 0.25) is 10.0 Å². The van der Waals surface area contributed by atoms with E-state index in [0.29, 0.717) is 16.3 Å². The molecule has 0 aromatic heterocycles. The molecule has 0 aliphatic heterocycles. The lowest BCUT2D eigenvalue weighted by molar-refractivity contribution is 0.343. The van der Waals surface area contributed by atoms with Gasteiger partial charge in [0.1, 0.15) is 5.75 Å². The van der Waals surface area contributed by atoms with Crippen molar-refractivity contribution in [3.05, 3.63) is 22.7 Å². The van der Waals surface area contributed by atoms with Gasteiger partial charge in [-0.25, -0.2) is 13.1 Å². The SMILES string of the molecule is CNC1CCC(NS(=O)(=O)c2ccc(OC)c(Br)c2)CC1. The van der Waals surface area contributed by atoms with Crippen LogP contribution in [0, 0.1) is 0 Å². The monoisotopic (exact) mass is 376 g/mol. The van der Waals surface area contributed by atoms with Gasteiger partial charge in [-0.3, -0.25) is 0 Å². The van der Waals surface area contributed by atoms with Crippen molar-refractivity contribution in [3.8, 4) is 5.75 Å². The largest absolute Gasteiger partial charge is 0.496 e.